The van der Waals surface area contributed by atoms with E-state index in [2.05, 4.69) is 10.6 Å². The van der Waals surface area contributed by atoms with Crippen LogP contribution in [-0.2, 0) is 9.59 Å². The zero-order chi connectivity index (χ0) is 24.9. The zero-order valence-corrected chi connectivity index (χ0v) is 18.2. The molecule has 0 saturated carbocycles. The van der Waals surface area contributed by atoms with E-state index < -0.39 is 35.1 Å². The lowest BCUT2D eigenvalue weighted by atomic mass is 9.75. The summed E-state index contributed by atoms with van der Waals surface area (Å²) in [4.78, 5) is 22.4. The first-order chi connectivity index (χ1) is 16.2. The molecule has 2 aromatic rings. The van der Waals surface area contributed by atoms with Crippen LogP contribution in [0.15, 0.2) is 48.5 Å². The summed E-state index contributed by atoms with van der Waals surface area (Å²) < 4.78 is 10.0. The molecule has 0 aromatic heterocycles. The number of esters is 2. The average molecular weight is 454 g/mol. The quantitative estimate of drug-likeness (QED) is 0.514. The van der Waals surface area contributed by atoms with Crippen LogP contribution in [0.4, 0.5) is 0 Å². The number of carbonyl (C=O) groups is 2. The highest BCUT2D eigenvalue weighted by molar-refractivity contribution is 5.69. The van der Waals surface area contributed by atoms with Gasteiger partial charge in [0.05, 0.1) is 12.1 Å². The molecule has 0 bridgehead atoms. The molecule has 1 aliphatic heterocycles. The summed E-state index contributed by atoms with van der Waals surface area (Å²) in [5.74, 6) is -0.498. The van der Waals surface area contributed by atoms with Gasteiger partial charge in [-0.3, -0.25) is 20.2 Å². The van der Waals surface area contributed by atoms with Crippen LogP contribution < -0.4 is 20.1 Å². The number of hydrogen-bond donors (Lipinski definition) is 2. The molecule has 10 nitrogen and oxygen atoms in total. The lowest BCUT2D eigenvalue weighted by Gasteiger charge is -2.46. The number of ether oxygens (including phenoxy) is 2. The van der Waals surface area contributed by atoms with E-state index in [1.54, 1.807) is 0 Å². The number of rotatable bonds is 4. The topological polar surface area (TPSA) is 172 Å². The number of hydrogen-bond acceptors (Lipinski definition) is 10. The van der Waals surface area contributed by atoms with Crippen molar-refractivity contribution in [1.29, 1.82) is 21.0 Å². The van der Waals surface area contributed by atoms with Gasteiger partial charge >= 0.3 is 11.9 Å². The molecule has 1 fully saturated rings. The molecular weight excluding hydrogens is 436 g/mol. The monoisotopic (exact) mass is 454 g/mol. The fourth-order valence-corrected chi connectivity index (χ4v) is 3.73. The molecule has 0 unspecified atom stereocenters. The van der Waals surface area contributed by atoms with Crippen LogP contribution in [0.3, 0.4) is 0 Å². The third-order valence-electron chi connectivity index (χ3n) is 5.27. The average Bonchev–Trinajstić information content (AvgIpc) is 2.83. The number of piperazine rings is 1. The van der Waals surface area contributed by atoms with Crippen molar-refractivity contribution in [2.24, 2.45) is 0 Å². The second-order valence-corrected chi connectivity index (χ2v) is 7.54. The maximum absolute atomic E-state index is 11.2. The molecule has 10 heteroatoms. The van der Waals surface area contributed by atoms with Gasteiger partial charge in [0.2, 0.25) is 11.1 Å². The number of benzene rings is 2. The largest absolute Gasteiger partial charge is 0.427 e. The van der Waals surface area contributed by atoms with Crippen LogP contribution in [0.5, 0.6) is 11.5 Å². The van der Waals surface area contributed by atoms with E-state index >= 15 is 0 Å². The van der Waals surface area contributed by atoms with E-state index in [9.17, 15) is 30.6 Å². The molecule has 2 N–H and O–H groups in total. The number of nitrogens with one attached hydrogen (secondary N) is 2. The molecule has 2 aromatic carbocycles. The van der Waals surface area contributed by atoms with Crippen molar-refractivity contribution < 1.29 is 19.1 Å². The van der Waals surface area contributed by atoms with Gasteiger partial charge in [-0.15, -0.1) is 0 Å². The molecule has 34 heavy (non-hydrogen) atoms. The van der Waals surface area contributed by atoms with Gasteiger partial charge in [0.1, 0.15) is 35.8 Å². The Morgan fingerprint density at radius 1 is 0.676 bits per heavy atom. The predicted octanol–water partition coefficient (Wildman–Crippen LogP) is 2.08. The second kappa shape index (κ2) is 9.40. The maximum Gasteiger partial charge on any atom is 0.308 e. The van der Waals surface area contributed by atoms with Crippen molar-refractivity contribution in [2.75, 3.05) is 0 Å². The minimum Gasteiger partial charge on any atom is -0.427 e. The van der Waals surface area contributed by atoms with E-state index in [0.29, 0.717) is 11.1 Å². The smallest absolute Gasteiger partial charge is 0.308 e. The molecule has 1 aliphatic rings. The Labute approximate surface area is 195 Å². The molecule has 168 valence electrons. The molecule has 0 spiro atoms. The lowest BCUT2D eigenvalue weighted by Crippen LogP contribution is -2.69. The third-order valence-corrected chi connectivity index (χ3v) is 5.27. The van der Waals surface area contributed by atoms with E-state index in [1.807, 2.05) is 24.3 Å². The first-order valence-corrected chi connectivity index (χ1v) is 9.99. The molecule has 0 radical (unpaired) electrons. The van der Waals surface area contributed by atoms with E-state index in [4.69, 9.17) is 9.47 Å². The van der Waals surface area contributed by atoms with Crippen molar-refractivity contribution >= 4 is 11.9 Å². The highest BCUT2D eigenvalue weighted by Gasteiger charge is 2.57. The Hall–Kier alpha value is -4.74. The number of nitriles is 4. The lowest BCUT2D eigenvalue weighted by molar-refractivity contribution is -0.132. The van der Waals surface area contributed by atoms with Gasteiger partial charge in [-0.25, -0.2) is 0 Å². The third kappa shape index (κ3) is 4.41. The Bertz CT molecular complexity index is 1150. The van der Waals surface area contributed by atoms with Crippen molar-refractivity contribution in [3.63, 3.8) is 0 Å². The molecule has 1 heterocycles. The Kier molecular flexibility index (Phi) is 6.61. The van der Waals surface area contributed by atoms with Crippen LogP contribution in [0, 0.1) is 45.3 Å². The van der Waals surface area contributed by atoms with Gasteiger partial charge in [0, 0.05) is 13.8 Å². The summed E-state index contributed by atoms with van der Waals surface area (Å²) in [6.45, 7) is 2.51. The summed E-state index contributed by atoms with van der Waals surface area (Å²) >= 11 is 0. The normalized spacial score (nSPS) is 19.8. The van der Waals surface area contributed by atoms with Crippen molar-refractivity contribution in [3.05, 3.63) is 59.7 Å². The molecule has 0 amide bonds. The van der Waals surface area contributed by atoms with Crippen LogP contribution in [-0.4, -0.2) is 23.0 Å². The van der Waals surface area contributed by atoms with Gasteiger partial charge in [-0.2, -0.15) is 21.0 Å². The molecule has 0 aliphatic carbocycles. The first-order valence-electron chi connectivity index (χ1n) is 9.99. The number of carbonyl (C=O) groups excluding carboxylic acids is 2. The fourth-order valence-electron chi connectivity index (χ4n) is 3.73. The van der Waals surface area contributed by atoms with Gasteiger partial charge in [0.25, 0.3) is 0 Å². The highest BCUT2D eigenvalue weighted by Crippen LogP contribution is 2.40. The van der Waals surface area contributed by atoms with E-state index in [0.717, 1.165) is 0 Å². The van der Waals surface area contributed by atoms with Gasteiger partial charge in [-0.1, -0.05) is 24.3 Å². The summed E-state index contributed by atoms with van der Waals surface area (Å²) in [7, 11) is 0. The van der Waals surface area contributed by atoms with Crippen LogP contribution in [0.25, 0.3) is 0 Å². The van der Waals surface area contributed by atoms with Crippen molar-refractivity contribution in [3.8, 4) is 35.8 Å². The summed E-state index contributed by atoms with van der Waals surface area (Å²) in [6.07, 6.45) is 0. The highest BCUT2D eigenvalue weighted by atomic mass is 16.5. The van der Waals surface area contributed by atoms with Crippen LogP contribution in [0.2, 0.25) is 0 Å². The first kappa shape index (κ1) is 23.9. The van der Waals surface area contributed by atoms with E-state index in [1.165, 1.54) is 62.4 Å². The summed E-state index contributed by atoms with van der Waals surface area (Å²) in [6, 6.07) is 17.8. The van der Waals surface area contributed by atoms with Crippen molar-refractivity contribution in [2.45, 2.75) is 37.0 Å². The summed E-state index contributed by atoms with van der Waals surface area (Å²) in [5, 5.41) is 45.8. The predicted molar refractivity (Wildman–Crippen MR) is 115 cm³/mol. The maximum atomic E-state index is 11.2. The fraction of sp³-hybridized carbons (Fsp3) is 0.250. The molecule has 1 saturated heterocycles. The van der Waals surface area contributed by atoms with Crippen molar-refractivity contribution in [1.82, 2.24) is 10.6 Å². The molecule has 2 atom stereocenters. The van der Waals surface area contributed by atoms with Crippen LogP contribution in [0.1, 0.15) is 37.1 Å². The minimum absolute atomic E-state index is 0.261. The molecule has 3 rings (SSSR count). The Morgan fingerprint density at radius 2 is 0.971 bits per heavy atom. The minimum atomic E-state index is -1.86. The van der Waals surface area contributed by atoms with E-state index in [-0.39, 0.29) is 11.5 Å². The Morgan fingerprint density at radius 3 is 1.21 bits per heavy atom. The van der Waals surface area contributed by atoms with Gasteiger partial charge in [0.15, 0.2) is 0 Å². The number of nitrogens with zero attached hydrogens (tertiary/aromatic N) is 4. The SMILES string of the molecule is CC(=O)Oc1ccc([C@H]2NC(C#N)(C#N)[C@H](c3ccc(OC(C)=O)cc3)NC2(C#N)C#N)cc1. The van der Waals surface area contributed by atoms with Crippen LogP contribution >= 0.6 is 0 Å². The second-order valence-electron chi connectivity index (χ2n) is 7.54. The molecular formula is C24H18N6O4. The Balaban J connectivity index is 2.05. The summed E-state index contributed by atoms with van der Waals surface area (Å²) in [5.41, 5.74) is -2.88. The van der Waals surface area contributed by atoms with Gasteiger partial charge < -0.3 is 9.47 Å². The standard InChI is InChI=1S/C24H18N6O4/c1-15(31)33-19-7-3-17(4-8-19)21-23(11-25,12-26)30-22(24(13-27,14-28)29-21)18-5-9-20(10-6-18)34-16(2)32/h3-10,21-22,29-30H,1-2H3/t21-,22+. The zero-order valence-electron chi connectivity index (χ0n) is 18.2. The van der Waals surface area contributed by atoms with Gasteiger partial charge in [-0.05, 0) is 35.4 Å².